The summed E-state index contributed by atoms with van der Waals surface area (Å²) in [6.45, 7) is 0.751. The van der Waals surface area contributed by atoms with Crippen molar-refractivity contribution in [2.24, 2.45) is 0 Å². The van der Waals surface area contributed by atoms with Crippen LogP contribution in [0.25, 0.3) is 10.9 Å². The molecule has 110 valence electrons. The van der Waals surface area contributed by atoms with Gasteiger partial charge in [0.1, 0.15) is 0 Å². The van der Waals surface area contributed by atoms with E-state index in [9.17, 15) is 4.79 Å². The van der Waals surface area contributed by atoms with Crippen LogP contribution < -0.4 is 0 Å². The summed E-state index contributed by atoms with van der Waals surface area (Å²) in [5.41, 5.74) is 2.34. The van der Waals surface area contributed by atoms with Crippen molar-refractivity contribution in [1.82, 2.24) is 20.1 Å². The van der Waals surface area contributed by atoms with Gasteiger partial charge in [-0.05, 0) is 31.0 Å². The highest BCUT2D eigenvalue weighted by Crippen LogP contribution is 2.32. The van der Waals surface area contributed by atoms with Gasteiger partial charge in [-0.1, -0.05) is 24.3 Å². The van der Waals surface area contributed by atoms with Gasteiger partial charge < -0.3 is 4.90 Å². The van der Waals surface area contributed by atoms with Crippen molar-refractivity contribution in [3.8, 4) is 0 Å². The fourth-order valence-corrected chi connectivity index (χ4v) is 3.15. The maximum Gasteiger partial charge on any atom is 0.275 e. The standard InChI is InChI=1S/C17H16N4O/c22-17(16-12-6-1-2-7-13(12)19-20-16)21-11-5-9-15(21)14-8-3-4-10-18-14/h1-4,6-8,10,15H,5,9,11H2,(H,19,20)/t15-/m1/s1. The maximum absolute atomic E-state index is 12.9. The molecule has 4 rings (SSSR count). The SMILES string of the molecule is O=C(c1n[nH]c2ccccc12)N1CCC[C@@H]1c1ccccn1. The third-order valence-electron chi connectivity index (χ3n) is 4.22. The maximum atomic E-state index is 12.9. The van der Waals surface area contributed by atoms with Crippen LogP contribution in [0, 0.1) is 0 Å². The Labute approximate surface area is 128 Å². The molecule has 3 aromatic rings. The van der Waals surface area contributed by atoms with Crippen LogP contribution in [0.4, 0.5) is 0 Å². The lowest BCUT2D eigenvalue weighted by Gasteiger charge is -2.23. The Morgan fingerprint density at radius 1 is 1.18 bits per heavy atom. The molecule has 1 aliphatic rings. The lowest BCUT2D eigenvalue weighted by molar-refractivity contribution is 0.0729. The van der Waals surface area contributed by atoms with Crippen LogP contribution in [0.15, 0.2) is 48.7 Å². The summed E-state index contributed by atoms with van der Waals surface area (Å²) in [6, 6.07) is 13.6. The van der Waals surface area contributed by atoms with Crippen molar-refractivity contribution in [3.63, 3.8) is 0 Å². The second-order valence-electron chi connectivity index (χ2n) is 5.53. The van der Waals surface area contributed by atoms with Gasteiger partial charge in [-0.3, -0.25) is 14.9 Å². The van der Waals surface area contributed by atoms with Crippen LogP contribution in [0.1, 0.15) is 35.1 Å². The average Bonchev–Trinajstić information content (AvgIpc) is 3.22. The molecule has 5 heteroatoms. The Morgan fingerprint density at radius 3 is 2.91 bits per heavy atom. The number of hydrogen-bond acceptors (Lipinski definition) is 3. The van der Waals surface area contributed by atoms with E-state index in [0.717, 1.165) is 36.0 Å². The lowest BCUT2D eigenvalue weighted by Crippen LogP contribution is -2.31. The third-order valence-corrected chi connectivity index (χ3v) is 4.22. The van der Waals surface area contributed by atoms with E-state index < -0.39 is 0 Å². The number of hydrogen-bond donors (Lipinski definition) is 1. The molecule has 0 radical (unpaired) electrons. The molecule has 1 N–H and O–H groups in total. The second-order valence-corrected chi connectivity index (χ2v) is 5.53. The Hall–Kier alpha value is -2.69. The van der Waals surface area contributed by atoms with Gasteiger partial charge in [-0.15, -0.1) is 0 Å². The zero-order valence-corrected chi connectivity index (χ0v) is 12.1. The molecular formula is C17H16N4O. The first-order valence-electron chi connectivity index (χ1n) is 7.49. The molecular weight excluding hydrogens is 276 g/mol. The minimum absolute atomic E-state index is 0.0226. The Kier molecular flexibility index (Phi) is 3.11. The zero-order chi connectivity index (χ0) is 14.9. The van der Waals surface area contributed by atoms with Gasteiger partial charge in [0.2, 0.25) is 0 Å². The van der Waals surface area contributed by atoms with Gasteiger partial charge >= 0.3 is 0 Å². The van der Waals surface area contributed by atoms with Gasteiger partial charge in [-0.2, -0.15) is 5.10 Å². The summed E-state index contributed by atoms with van der Waals surface area (Å²) in [5, 5.41) is 8.04. The molecule has 5 nitrogen and oxygen atoms in total. The van der Waals surface area contributed by atoms with E-state index in [0.29, 0.717) is 5.69 Å². The first-order valence-corrected chi connectivity index (χ1v) is 7.49. The fourth-order valence-electron chi connectivity index (χ4n) is 3.15. The van der Waals surface area contributed by atoms with Crippen molar-refractivity contribution in [2.45, 2.75) is 18.9 Å². The first kappa shape index (κ1) is 13.0. The van der Waals surface area contributed by atoms with Crippen molar-refractivity contribution < 1.29 is 4.79 Å². The fraction of sp³-hybridized carbons (Fsp3) is 0.235. The summed E-state index contributed by atoms with van der Waals surface area (Å²) in [6.07, 6.45) is 3.72. The smallest absolute Gasteiger partial charge is 0.275 e. The highest BCUT2D eigenvalue weighted by atomic mass is 16.2. The third kappa shape index (κ3) is 2.06. The van der Waals surface area contributed by atoms with Crippen LogP contribution in [-0.4, -0.2) is 32.5 Å². The van der Waals surface area contributed by atoms with Crippen LogP contribution in [0.3, 0.4) is 0 Å². The number of nitrogens with one attached hydrogen (secondary N) is 1. The summed E-state index contributed by atoms with van der Waals surface area (Å²) in [4.78, 5) is 19.2. The molecule has 1 amide bonds. The summed E-state index contributed by atoms with van der Waals surface area (Å²) in [5.74, 6) is -0.0226. The summed E-state index contributed by atoms with van der Waals surface area (Å²) < 4.78 is 0. The van der Waals surface area contributed by atoms with Gasteiger partial charge in [-0.25, -0.2) is 0 Å². The predicted octanol–water partition coefficient (Wildman–Crippen LogP) is 2.94. The number of aromatic nitrogens is 3. The molecule has 2 aromatic heterocycles. The molecule has 22 heavy (non-hydrogen) atoms. The van der Waals surface area contributed by atoms with E-state index in [1.807, 2.05) is 47.4 Å². The monoisotopic (exact) mass is 292 g/mol. The van der Waals surface area contributed by atoms with Gasteiger partial charge in [0.05, 0.1) is 17.3 Å². The lowest BCUT2D eigenvalue weighted by atomic mass is 10.1. The number of amides is 1. The number of fused-ring (bicyclic) bond motifs is 1. The topological polar surface area (TPSA) is 61.9 Å². The molecule has 1 atom stereocenters. The summed E-state index contributed by atoms with van der Waals surface area (Å²) >= 11 is 0. The number of benzene rings is 1. The first-order chi connectivity index (χ1) is 10.8. The average molecular weight is 292 g/mol. The Morgan fingerprint density at radius 2 is 2.05 bits per heavy atom. The van der Waals surface area contributed by atoms with Gasteiger partial charge in [0.25, 0.3) is 5.91 Å². The quantitative estimate of drug-likeness (QED) is 0.790. The molecule has 0 unspecified atom stereocenters. The molecule has 0 saturated carbocycles. The van der Waals surface area contributed by atoms with Crippen LogP contribution >= 0.6 is 0 Å². The number of H-pyrrole nitrogens is 1. The Balaban J connectivity index is 1.70. The number of para-hydroxylation sites is 1. The van der Waals surface area contributed by atoms with E-state index in [-0.39, 0.29) is 11.9 Å². The predicted molar refractivity (Wildman–Crippen MR) is 83.3 cm³/mol. The molecule has 0 aliphatic carbocycles. The number of likely N-dealkylation sites (tertiary alicyclic amines) is 1. The minimum atomic E-state index is -0.0226. The van der Waals surface area contributed by atoms with Crippen molar-refractivity contribution in [1.29, 1.82) is 0 Å². The zero-order valence-electron chi connectivity index (χ0n) is 12.1. The molecule has 0 bridgehead atoms. The second kappa shape index (κ2) is 5.26. The Bertz CT molecular complexity index is 812. The van der Waals surface area contributed by atoms with Crippen molar-refractivity contribution >= 4 is 16.8 Å². The molecule has 1 saturated heterocycles. The molecule has 1 aromatic carbocycles. The highest BCUT2D eigenvalue weighted by Gasteiger charge is 2.33. The van der Waals surface area contributed by atoms with Gasteiger partial charge in [0.15, 0.2) is 5.69 Å². The minimum Gasteiger partial charge on any atom is -0.329 e. The van der Waals surface area contributed by atoms with Gasteiger partial charge in [0, 0.05) is 18.1 Å². The number of carbonyl (C=O) groups is 1. The number of rotatable bonds is 2. The molecule has 0 spiro atoms. The number of pyridine rings is 1. The van der Waals surface area contributed by atoms with E-state index in [2.05, 4.69) is 15.2 Å². The number of aromatic amines is 1. The number of carbonyl (C=O) groups excluding carboxylic acids is 1. The van der Waals surface area contributed by atoms with E-state index >= 15 is 0 Å². The van der Waals surface area contributed by atoms with E-state index in [1.165, 1.54) is 0 Å². The van der Waals surface area contributed by atoms with Crippen LogP contribution in [0.2, 0.25) is 0 Å². The van der Waals surface area contributed by atoms with E-state index in [4.69, 9.17) is 0 Å². The van der Waals surface area contributed by atoms with Crippen LogP contribution in [0.5, 0.6) is 0 Å². The summed E-state index contributed by atoms with van der Waals surface area (Å²) in [7, 11) is 0. The van der Waals surface area contributed by atoms with E-state index in [1.54, 1.807) is 6.20 Å². The normalized spacial score (nSPS) is 18.0. The molecule has 3 heterocycles. The molecule has 1 fully saturated rings. The molecule has 1 aliphatic heterocycles. The van der Waals surface area contributed by atoms with Crippen LogP contribution in [-0.2, 0) is 0 Å². The highest BCUT2D eigenvalue weighted by molar-refractivity contribution is 6.04. The van der Waals surface area contributed by atoms with Crippen molar-refractivity contribution in [2.75, 3.05) is 6.54 Å². The van der Waals surface area contributed by atoms with Crippen molar-refractivity contribution in [3.05, 3.63) is 60.0 Å². The number of nitrogens with zero attached hydrogens (tertiary/aromatic N) is 3. The largest absolute Gasteiger partial charge is 0.329 e.